The minimum absolute atomic E-state index is 0.0236. The van der Waals surface area contributed by atoms with Gasteiger partial charge in [0.1, 0.15) is 18.5 Å². The van der Waals surface area contributed by atoms with E-state index in [1.807, 2.05) is 42.5 Å². The van der Waals surface area contributed by atoms with E-state index in [0.717, 1.165) is 11.1 Å². The summed E-state index contributed by atoms with van der Waals surface area (Å²) in [5, 5.41) is 6.82. The Morgan fingerprint density at radius 2 is 1.73 bits per heavy atom. The van der Waals surface area contributed by atoms with E-state index in [2.05, 4.69) is 36.5 Å². The highest BCUT2D eigenvalue weighted by atomic mass is 19.1. The number of benzene rings is 2. The van der Waals surface area contributed by atoms with Crippen molar-refractivity contribution >= 4 is 11.8 Å². The van der Waals surface area contributed by atoms with Gasteiger partial charge < -0.3 is 14.7 Å². The van der Waals surface area contributed by atoms with Crippen LogP contribution >= 0.6 is 0 Å². The van der Waals surface area contributed by atoms with Gasteiger partial charge in [0.2, 0.25) is 11.8 Å². The number of hydrogen-bond donors (Lipinski definition) is 1. The Morgan fingerprint density at radius 3 is 2.36 bits per heavy atom. The van der Waals surface area contributed by atoms with Crippen LogP contribution in [0.3, 0.4) is 0 Å². The Kier molecular flexibility index (Phi) is 6.87. The molecule has 1 aliphatic heterocycles. The van der Waals surface area contributed by atoms with Crippen molar-refractivity contribution in [3.63, 3.8) is 0 Å². The molecule has 0 aliphatic carbocycles. The monoisotopic (exact) mass is 449 g/mol. The summed E-state index contributed by atoms with van der Waals surface area (Å²) in [5.74, 6) is -0.319. The molecule has 3 atom stereocenters. The van der Waals surface area contributed by atoms with Gasteiger partial charge in [-0.2, -0.15) is 0 Å². The second kappa shape index (κ2) is 9.98. The molecule has 7 heteroatoms. The fourth-order valence-electron chi connectivity index (χ4n) is 4.21. The van der Waals surface area contributed by atoms with Crippen LogP contribution in [0.4, 0.5) is 4.39 Å². The Bertz CT molecular complexity index is 1070. The molecule has 1 saturated heterocycles. The summed E-state index contributed by atoms with van der Waals surface area (Å²) < 4.78 is 19.1. The molecule has 2 heterocycles. The van der Waals surface area contributed by atoms with Crippen molar-refractivity contribution in [3.8, 4) is 0 Å². The molecule has 4 rings (SSSR count). The van der Waals surface area contributed by atoms with E-state index >= 15 is 0 Å². The van der Waals surface area contributed by atoms with E-state index in [1.54, 1.807) is 6.07 Å². The summed E-state index contributed by atoms with van der Waals surface area (Å²) in [6.07, 6.45) is 0.0715. The third-order valence-electron chi connectivity index (χ3n) is 6.05. The van der Waals surface area contributed by atoms with Crippen LogP contribution in [0.1, 0.15) is 54.6 Å². The Morgan fingerprint density at radius 1 is 1.06 bits per heavy atom. The molecule has 0 radical (unpaired) electrons. The van der Waals surface area contributed by atoms with E-state index in [0.29, 0.717) is 11.6 Å². The summed E-state index contributed by atoms with van der Waals surface area (Å²) in [4.78, 5) is 27.5. The predicted octanol–water partition coefficient (Wildman–Crippen LogP) is 4.19. The Balaban J connectivity index is 1.56. The van der Waals surface area contributed by atoms with E-state index in [4.69, 9.17) is 4.52 Å². The van der Waals surface area contributed by atoms with Crippen LogP contribution in [-0.2, 0) is 16.0 Å². The average Bonchev–Trinajstić information content (AvgIpc) is 3.47. The van der Waals surface area contributed by atoms with Gasteiger partial charge in [-0.05, 0) is 22.6 Å². The fraction of sp³-hybridized carbons (Fsp3) is 0.346. The largest absolute Gasteiger partial charge is 0.364 e. The zero-order valence-electron chi connectivity index (χ0n) is 18.8. The minimum Gasteiger partial charge on any atom is -0.364 e. The summed E-state index contributed by atoms with van der Waals surface area (Å²) >= 11 is 0. The second-order valence-corrected chi connectivity index (χ2v) is 8.74. The first-order valence-electron chi connectivity index (χ1n) is 11.2. The van der Waals surface area contributed by atoms with E-state index in [1.165, 1.54) is 16.7 Å². The lowest BCUT2D eigenvalue weighted by atomic mass is 9.95. The zero-order chi connectivity index (χ0) is 23.4. The normalized spacial score (nSPS) is 19.0. The topological polar surface area (TPSA) is 75.4 Å². The van der Waals surface area contributed by atoms with Crippen LogP contribution in [0.2, 0.25) is 0 Å². The van der Waals surface area contributed by atoms with Crippen molar-refractivity contribution in [1.82, 2.24) is 15.4 Å². The molecular weight excluding hydrogens is 421 g/mol. The van der Waals surface area contributed by atoms with Crippen molar-refractivity contribution in [1.29, 1.82) is 0 Å². The van der Waals surface area contributed by atoms with Gasteiger partial charge in [0, 0.05) is 12.5 Å². The highest BCUT2D eigenvalue weighted by Crippen LogP contribution is 2.27. The maximum Gasteiger partial charge on any atom is 0.243 e. The maximum atomic E-state index is 14.3. The lowest BCUT2D eigenvalue weighted by Gasteiger charge is -2.27. The minimum atomic E-state index is -1.25. The number of alkyl halides is 1. The van der Waals surface area contributed by atoms with Crippen molar-refractivity contribution in [2.75, 3.05) is 6.54 Å². The number of aromatic nitrogens is 1. The third-order valence-corrected chi connectivity index (χ3v) is 6.05. The SMILES string of the molecule is CC(C)c1ccc(C(NC(=O)C2CC(F)CN2C(=O)Cc2ccon2)c2ccccc2)cc1. The predicted molar refractivity (Wildman–Crippen MR) is 122 cm³/mol. The lowest BCUT2D eigenvalue weighted by molar-refractivity contribution is -0.138. The van der Waals surface area contributed by atoms with Gasteiger partial charge in [-0.25, -0.2) is 4.39 Å². The van der Waals surface area contributed by atoms with Crippen LogP contribution in [0.25, 0.3) is 0 Å². The van der Waals surface area contributed by atoms with Crippen molar-refractivity contribution in [2.24, 2.45) is 0 Å². The van der Waals surface area contributed by atoms with Gasteiger partial charge in [0.15, 0.2) is 0 Å². The number of carbonyl (C=O) groups excluding carboxylic acids is 2. The molecule has 0 spiro atoms. The van der Waals surface area contributed by atoms with Gasteiger partial charge in [-0.3, -0.25) is 9.59 Å². The molecule has 1 N–H and O–H groups in total. The first kappa shape index (κ1) is 22.7. The molecule has 2 aromatic carbocycles. The molecule has 6 nitrogen and oxygen atoms in total. The molecule has 0 saturated carbocycles. The zero-order valence-corrected chi connectivity index (χ0v) is 18.8. The van der Waals surface area contributed by atoms with Crippen LogP contribution in [0.15, 0.2) is 71.4 Å². The molecule has 172 valence electrons. The van der Waals surface area contributed by atoms with Crippen molar-refractivity contribution in [2.45, 2.75) is 50.9 Å². The molecule has 1 fully saturated rings. The lowest BCUT2D eigenvalue weighted by Crippen LogP contribution is -2.47. The van der Waals surface area contributed by atoms with Gasteiger partial charge in [-0.1, -0.05) is 73.6 Å². The van der Waals surface area contributed by atoms with Crippen LogP contribution < -0.4 is 5.32 Å². The van der Waals surface area contributed by atoms with E-state index in [-0.39, 0.29) is 31.2 Å². The Labute approximate surface area is 192 Å². The number of amides is 2. The summed E-state index contributed by atoms with van der Waals surface area (Å²) in [6.45, 7) is 4.15. The number of halogens is 1. The maximum absolute atomic E-state index is 14.3. The van der Waals surface area contributed by atoms with Crippen LogP contribution in [0, 0.1) is 0 Å². The van der Waals surface area contributed by atoms with Crippen molar-refractivity contribution < 1.29 is 18.5 Å². The summed E-state index contributed by atoms with van der Waals surface area (Å²) in [7, 11) is 0. The van der Waals surface area contributed by atoms with Crippen LogP contribution in [-0.4, -0.2) is 40.6 Å². The number of nitrogens with zero attached hydrogens (tertiary/aromatic N) is 2. The fourth-order valence-corrected chi connectivity index (χ4v) is 4.21. The van der Waals surface area contributed by atoms with Gasteiger partial charge >= 0.3 is 0 Å². The second-order valence-electron chi connectivity index (χ2n) is 8.74. The average molecular weight is 450 g/mol. The molecule has 1 aromatic heterocycles. The number of nitrogens with one attached hydrogen (secondary N) is 1. The molecule has 3 unspecified atom stereocenters. The first-order valence-corrected chi connectivity index (χ1v) is 11.2. The van der Waals surface area contributed by atoms with E-state index in [9.17, 15) is 14.0 Å². The first-order chi connectivity index (χ1) is 15.9. The third kappa shape index (κ3) is 5.30. The molecule has 2 amide bonds. The molecule has 0 bridgehead atoms. The summed E-state index contributed by atoms with van der Waals surface area (Å²) in [6, 6.07) is 18.1. The highest BCUT2D eigenvalue weighted by Gasteiger charge is 2.40. The highest BCUT2D eigenvalue weighted by molar-refractivity contribution is 5.89. The number of hydrogen-bond acceptors (Lipinski definition) is 4. The number of rotatable bonds is 7. The molecular formula is C26H28FN3O3. The molecule has 3 aromatic rings. The smallest absolute Gasteiger partial charge is 0.243 e. The van der Waals surface area contributed by atoms with Crippen LogP contribution in [0.5, 0.6) is 0 Å². The van der Waals surface area contributed by atoms with Gasteiger partial charge in [0.05, 0.1) is 24.7 Å². The van der Waals surface area contributed by atoms with Gasteiger partial charge in [0.25, 0.3) is 0 Å². The number of likely N-dealkylation sites (tertiary alicyclic amines) is 1. The van der Waals surface area contributed by atoms with E-state index < -0.39 is 18.3 Å². The van der Waals surface area contributed by atoms with Gasteiger partial charge in [-0.15, -0.1) is 0 Å². The molecule has 33 heavy (non-hydrogen) atoms. The quantitative estimate of drug-likeness (QED) is 0.587. The Hall–Kier alpha value is -3.48. The number of carbonyl (C=O) groups is 2. The standard InChI is InChI=1S/C26H28FN3O3/c1-17(2)18-8-10-20(11-9-18)25(19-6-4-3-5-7-19)28-26(32)23-14-21(27)16-30(23)24(31)15-22-12-13-33-29-22/h3-13,17,21,23,25H,14-16H2,1-2H3,(H,28,32). The van der Waals surface area contributed by atoms with Crippen molar-refractivity contribution in [3.05, 3.63) is 89.3 Å². The molecule has 1 aliphatic rings. The summed E-state index contributed by atoms with van der Waals surface area (Å²) in [5.41, 5.74) is 3.50.